The molecular formula is C16H22N2O4. The molecule has 0 bridgehead atoms. The molecular weight excluding hydrogens is 284 g/mol. The number of hydrogen-bond acceptors (Lipinski definition) is 4. The molecule has 0 saturated carbocycles. The fourth-order valence-electron chi connectivity index (χ4n) is 1.95. The van der Waals surface area contributed by atoms with Crippen molar-refractivity contribution in [3.63, 3.8) is 0 Å². The van der Waals surface area contributed by atoms with Gasteiger partial charge in [0.05, 0.1) is 12.5 Å². The van der Waals surface area contributed by atoms with Crippen LogP contribution in [-0.2, 0) is 19.1 Å². The van der Waals surface area contributed by atoms with Crippen molar-refractivity contribution in [1.82, 2.24) is 10.6 Å². The molecule has 0 aliphatic heterocycles. The van der Waals surface area contributed by atoms with Crippen molar-refractivity contribution in [2.45, 2.75) is 26.2 Å². The highest BCUT2D eigenvalue weighted by molar-refractivity contribution is 5.87. The molecule has 0 spiro atoms. The minimum absolute atomic E-state index is 0.125. The predicted octanol–water partition coefficient (Wildman–Crippen LogP) is 0.976. The number of rotatable bonds is 8. The van der Waals surface area contributed by atoms with Crippen LogP contribution in [0, 0.1) is 0 Å². The van der Waals surface area contributed by atoms with Crippen LogP contribution in [0.1, 0.15) is 31.7 Å². The third kappa shape index (κ3) is 5.95. The van der Waals surface area contributed by atoms with E-state index in [4.69, 9.17) is 4.74 Å². The Labute approximate surface area is 130 Å². The standard InChI is InChI=1S/C16H22N2O4/c1-3-13(12-8-6-5-7-9-12)16(21)22-11-15(20)18-10-14(19)17-4-2/h5-9,13H,3-4,10-11H2,1-2H3,(H,17,19)(H,18,20)/t13-/m1/s1. The van der Waals surface area contributed by atoms with E-state index in [2.05, 4.69) is 10.6 Å². The van der Waals surface area contributed by atoms with Crippen molar-refractivity contribution in [3.05, 3.63) is 35.9 Å². The molecule has 0 saturated heterocycles. The molecule has 0 heterocycles. The average molecular weight is 306 g/mol. The zero-order chi connectivity index (χ0) is 16.4. The Hall–Kier alpha value is -2.37. The van der Waals surface area contributed by atoms with Crippen molar-refractivity contribution < 1.29 is 19.1 Å². The van der Waals surface area contributed by atoms with Gasteiger partial charge in [-0.25, -0.2) is 0 Å². The molecule has 6 heteroatoms. The Morgan fingerprint density at radius 3 is 2.32 bits per heavy atom. The Morgan fingerprint density at radius 1 is 1.05 bits per heavy atom. The van der Waals surface area contributed by atoms with E-state index in [-0.39, 0.29) is 19.1 Å². The topological polar surface area (TPSA) is 84.5 Å². The van der Waals surface area contributed by atoms with Crippen molar-refractivity contribution >= 4 is 17.8 Å². The molecule has 0 radical (unpaired) electrons. The first-order valence-electron chi connectivity index (χ1n) is 7.33. The number of esters is 1. The van der Waals surface area contributed by atoms with Gasteiger partial charge in [-0.2, -0.15) is 0 Å². The quantitative estimate of drug-likeness (QED) is 0.701. The molecule has 0 aliphatic rings. The molecule has 2 amide bonds. The summed E-state index contributed by atoms with van der Waals surface area (Å²) in [5.41, 5.74) is 0.859. The summed E-state index contributed by atoms with van der Waals surface area (Å²) in [6, 6.07) is 9.28. The van der Waals surface area contributed by atoms with E-state index in [1.54, 1.807) is 6.92 Å². The van der Waals surface area contributed by atoms with Crippen molar-refractivity contribution in [2.75, 3.05) is 19.7 Å². The summed E-state index contributed by atoms with van der Waals surface area (Å²) in [6.45, 7) is 3.66. The number of carbonyl (C=O) groups is 3. The maximum absolute atomic E-state index is 12.0. The predicted molar refractivity (Wildman–Crippen MR) is 82.1 cm³/mol. The molecule has 6 nitrogen and oxygen atoms in total. The summed E-state index contributed by atoms with van der Waals surface area (Å²) in [5, 5.41) is 4.94. The summed E-state index contributed by atoms with van der Waals surface area (Å²) in [4.78, 5) is 34.8. The van der Waals surface area contributed by atoms with Crippen LogP contribution < -0.4 is 10.6 Å². The van der Waals surface area contributed by atoms with Crippen molar-refractivity contribution in [2.24, 2.45) is 0 Å². The Bertz CT molecular complexity index is 502. The third-order valence-corrected chi connectivity index (χ3v) is 3.06. The zero-order valence-electron chi connectivity index (χ0n) is 12.9. The highest BCUT2D eigenvalue weighted by atomic mass is 16.5. The third-order valence-electron chi connectivity index (χ3n) is 3.06. The molecule has 0 fully saturated rings. The maximum atomic E-state index is 12.0. The van der Waals surface area contributed by atoms with Crippen molar-refractivity contribution in [3.8, 4) is 0 Å². The second-order valence-electron chi connectivity index (χ2n) is 4.71. The summed E-state index contributed by atoms with van der Waals surface area (Å²) < 4.78 is 5.02. The summed E-state index contributed by atoms with van der Waals surface area (Å²) >= 11 is 0. The van der Waals surface area contributed by atoms with Crippen LogP contribution in [-0.4, -0.2) is 37.5 Å². The van der Waals surface area contributed by atoms with Gasteiger partial charge in [-0.1, -0.05) is 37.3 Å². The number of amides is 2. The van der Waals surface area contributed by atoms with Gasteiger partial charge in [0.1, 0.15) is 0 Å². The van der Waals surface area contributed by atoms with Crippen LogP contribution in [0.4, 0.5) is 0 Å². The van der Waals surface area contributed by atoms with Gasteiger partial charge in [-0.15, -0.1) is 0 Å². The minimum Gasteiger partial charge on any atom is -0.455 e. The van der Waals surface area contributed by atoms with Crippen LogP contribution in [0.2, 0.25) is 0 Å². The van der Waals surface area contributed by atoms with E-state index in [0.717, 1.165) is 5.56 Å². The maximum Gasteiger partial charge on any atom is 0.313 e. The lowest BCUT2D eigenvalue weighted by Crippen LogP contribution is -2.38. The van der Waals surface area contributed by atoms with Crippen LogP contribution >= 0.6 is 0 Å². The van der Waals surface area contributed by atoms with E-state index in [1.807, 2.05) is 37.3 Å². The number of likely N-dealkylation sites (N-methyl/N-ethyl adjacent to an activating group) is 1. The van der Waals surface area contributed by atoms with E-state index in [1.165, 1.54) is 0 Å². The van der Waals surface area contributed by atoms with Gasteiger partial charge < -0.3 is 15.4 Å². The second-order valence-corrected chi connectivity index (χ2v) is 4.71. The average Bonchev–Trinajstić information content (AvgIpc) is 2.53. The monoisotopic (exact) mass is 306 g/mol. The number of carbonyl (C=O) groups excluding carboxylic acids is 3. The lowest BCUT2D eigenvalue weighted by molar-refractivity contribution is -0.150. The Balaban J connectivity index is 2.41. The molecule has 0 aromatic heterocycles. The van der Waals surface area contributed by atoms with E-state index in [9.17, 15) is 14.4 Å². The molecule has 2 N–H and O–H groups in total. The number of ether oxygens (including phenoxy) is 1. The minimum atomic E-state index is -0.498. The largest absolute Gasteiger partial charge is 0.455 e. The first-order valence-corrected chi connectivity index (χ1v) is 7.33. The fraction of sp³-hybridized carbons (Fsp3) is 0.438. The zero-order valence-corrected chi connectivity index (χ0v) is 12.9. The second kappa shape index (κ2) is 9.55. The highest BCUT2D eigenvalue weighted by Gasteiger charge is 2.20. The van der Waals surface area contributed by atoms with Crippen LogP contribution in [0.15, 0.2) is 30.3 Å². The van der Waals surface area contributed by atoms with Gasteiger partial charge in [0.2, 0.25) is 5.91 Å². The van der Waals surface area contributed by atoms with E-state index < -0.39 is 17.8 Å². The van der Waals surface area contributed by atoms with Crippen molar-refractivity contribution in [1.29, 1.82) is 0 Å². The van der Waals surface area contributed by atoms with Gasteiger partial charge in [-0.05, 0) is 18.9 Å². The van der Waals surface area contributed by atoms with Gasteiger partial charge >= 0.3 is 5.97 Å². The smallest absolute Gasteiger partial charge is 0.313 e. The van der Waals surface area contributed by atoms with Crippen LogP contribution in [0.5, 0.6) is 0 Å². The number of hydrogen-bond donors (Lipinski definition) is 2. The van der Waals surface area contributed by atoms with E-state index in [0.29, 0.717) is 13.0 Å². The summed E-state index contributed by atoms with van der Waals surface area (Å²) in [5.74, 6) is -1.61. The van der Waals surface area contributed by atoms with Crippen LogP contribution in [0.25, 0.3) is 0 Å². The molecule has 0 unspecified atom stereocenters. The SMILES string of the molecule is CCNC(=O)CNC(=O)COC(=O)[C@H](CC)c1ccccc1. The Morgan fingerprint density at radius 2 is 1.73 bits per heavy atom. The van der Waals surface area contributed by atoms with Gasteiger partial charge in [0.15, 0.2) is 6.61 Å². The first-order chi connectivity index (χ1) is 10.6. The molecule has 1 atom stereocenters. The molecule has 1 rings (SSSR count). The van der Waals surface area contributed by atoms with Crippen LogP contribution in [0.3, 0.4) is 0 Å². The summed E-state index contributed by atoms with van der Waals surface area (Å²) in [7, 11) is 0. The summed E-state index contributed by atoms with van der Waals surface area (Å²) in [6.07, 6.45) is 0.587. The lowest BCUT2D eigenvalue weighted by Gasteiger charge is -2.14. The molecule has 22 heavy (non-hydrogen) atoms. The van der Waals surface area contributed by atoms with Gasteiger partial charge in [0, 0.05) is 6.54 Å². The number of benzene rings is 1. The first kappa shape index (κ1) is 17.7. The fourth-order valence-corrected chi connectivity index (χ4v) is 1.95. The molecule has 120 valence electrons. The number of nitrogens with one attached hydrogen (secondary N) is 2. The molecule has 0 aliphatic carbocycles. The van der Waals surface area contributed by atoms with Gasteiger partial charge in [0.25, 0.3) is 5.91 Å². The van der Waals surface area contributed by atoms with Gasteiger partial charge in [-0.3, -0.25) is 14.4 Å². The van der Waals surface area contributed by atoms with E-state index >= 15 is 0 Å². The molecule has 1 aromatic carbocycles. The lowest BCUT2D eigenvalue weighted by atomic mass is 9.97. The molecule has 1 aromatic rings. The highest BCUT2D eigenvalue weighted by Crippen LogP contribution is 2.20. The normalized spacial score (nSPS) is 11.4. The Kier molecular flexibility index (Phi) is 7.67.